The van der Waals surface area contributed by atoms with Crippen LogP contribution >= 0.6 is 0 Å². The van der Waals surface area contributed by atoms with E-state index in [1.165, 1.54) is 24.8 Å². The number of piperidine rings is 1. The first-order valence-corrected chi connectivity index (χ1v) is 6.86. The summed E-state index contributed by atoms with van der Waals surface area (Å²) in [6, 6.07) is 11.1. The third-order valence-corrected chi connectivity index (χ3v) is 3.52. The summed E-state index contributed by atoms with van der Waals surface area (Å²) in [5, 5.41) is 8.76. The summed E-state index contributed by atoms with van der Waals surface area (Å²) >= 11 is 0. The second kappa shape index (κ2) is 7.52. The molecule has 0 radical (unpaired) electrons. The quantitative estimate of drug-likeness (QED) is 0.783. The van der Waals surface area contributed by atoms with Crippen molar-refractivity contribution in [3.05, 3.63) is 35.9 Å². The Labute approximate surface area is 109 Å². The second-order valence-corrected chi connectivity index (χ2v) is 4.90. The Morgan fingerprint density at radius 3 is 2.83 bits per heavy atom. The molecule has 18 heavy (non-hydrogen) atoms. The van der Waals surface area contributed by atoms with Crippen molar-refractivity contribution >= 4 is 0 Å². The van der Waals surface area contributed by atoms with Crippen LogP contribution in [-0.4, -0.2) is 42.4 Å². The average Bonchev–Trinajstić information content (AvgIpc) is 2.42. The Bertz CT molecular complexity index is 329. The first-order chi connectivity index (χ1) is 8.90. The number of likely N-dealkylation sites (tertiary alicyclic amines) is 1. The summed E-state index contributed by atoms with van der Waals surface area (Å²) in [5.74, 6) is 0. The standard InChI is InChI=1S/C15H23NO2/c17-10-11-18-13-15-8-4-5-9-16(15)12-14-6-2-1-3-7-14/h1-3,6-7,15,17H,4-5,8-13H2/t15-/m0/s1. The summed E-state index contributed by atoms with van der Waals surface area (Å²) < 4.78 is 5.50. The van der Waals surface area contributed by atoms with Gasteiger partial charge in [0.15, 0.2) is 0 Å². The number of hydrogen-bond donors (Lipinski definition) is 1. The van der Waals surface area contributed by atoms with Gasteiger partial charge in [-0.2, -0.15) is 0 Å². The number of benzene rings is 1. The monoisotopic (exact) mass is 249 g/mol. The molecule has 0 saturated carbocycles. The number of rotatable bonds is 6. The largest absolute Gasteiger partial charge is 0.394 e. The lowest BCUT2D eigenvalue weighted by Gasteiger charge is -2.35. The van der Waals surface area contributed by atoms with Crippen LogP contribution in [0.3, 0.4) is 0 Å². The summed E-state index contributed by atoms with van der Waals surface area (Å²) in [4.78, 5) is 2.51. The summed E-state index contributed by atoms with van der Waals surface area (Å²) in [6.07, 6.45) is 3.78. The van der Waals surface area contributed by atoms with Crippen molar-refractivity contribution in [2.45, 2.75) is 31.8 Å². The Morgan fingerprint density at radius 1 is 1.22 bits per heavy atom. The molecule has 1 aromatic carbocycles. The lowest BCUT2D eigenvalue weighted by molar-refractivity contribution is 0.0223. The van der Waals surface area contributed by atoms with Gasteiger partial charge < -0.3 is 9.84 Å². The molecule has 1 atom stereocenters. The Morgan fingerprint density at radius 2 is 2.06 bits per heavy atom. The number of ether oxygens (including phenoxy) is 1. The van der Waals surface area contributed by atoms with Crippen LogP contribution < -0.4 is 0 Å². The van der Waals surface area contributed by atoms with Crippen molar-refractivity contribution in [3.63, 3.8) is 0 Å². The second-order valence-electron chi connectivity index (χ2n) is 4.90. The molecule has 3 nitrogen and oxygen atoms in total. The minimum absolute atomic E-state index is 0.116. The molecule has 0 spiro atoms. The third kappa shape index (κ3) is 4.09. The van der Waals surface area contributed by atoms with E-state index in [4.69, 9.17) is 9.84 Å². The highest BCUT2D eigenvalue weighted by molar-refractivity contribution is 5.14. The van der Waals surface area contributed by atoms with Crippen LogP contribution in [0.2, 0.25) is 0 Å². The molecular weight excluding hydrogens is 226 g/mol. The lowest BCUT2D eigenvalue weighted by atomic mass is 10.0. The van der Waals surface area contributed by atoms with Crippen LogP contribution in [0.5, 0.6) is 0 Å². The van der Waals surface area contributed by atoms with E-state index >= 15 is 0 Å². The number of aliphatic hydroxyl groups excluding tert-OH is 1. The fraction of sp³-hybridized carbons (Fsp3) is 0.600. The van der Waals surface area contributed by atoms with E-state index in [0.29, 0.717) is 12.6 Å². The maximum absolute atomic E-state index is 8.76. The molecule has 0 aromatic heterocycles. The minimum atomic E-state index is 0.116. The van der Waals surface area contributed by atoms with Gasteiger partial charge in [-0.1, -0.05) is 36.8 Å². The van der Waals surface area contributed by atoms with Crippen LogP contribution in [0.25, 0.3) is 0 Å². The minimum Gasteiger partial charge on any atom is -0.394 e. The van der Waals surface area contributed by atoms with Gasteiger partial charge in [-0.05, 0) is 24.9 Å². The zero-order valence-corrected chi connectivity index (χ0v) is 10.9. The van der Waals surface area contributed by atoms with Crippen LogP contribution in [0.1, 0.15) is 24.8 Å². The molecule has 0 aliphatic carbocycles. The van der Waals surface area contributed by atoms with Crippen molar-refractivity contribution < 1.29 is 9.84 Å². The SMILES string of the molecule is OCCOC[C@@H]1CCCCN1Cc1ccccc1. The predicted octanol–water partition coefficient (Wildman–Crippen LogP) is 2.05. The molecule has 1 saturated heterocycles. The average molecular weight is 249 g/mol. The Hall–Kier alpha value is -0.900. The number of nitrogens with zero attached hydrogens (tertiary/aromatic N) is 1. The molecule has 1 N–H and O–H groups in total. The van der Waals surface area contributed by atoms with Gasteiger partial charge in [0.2, 0.25) is 0 Å². The van der Waals surface area contributed by atoms with Crippen molar-refractivity contribution in [1.29, 1.82) is 0 Å². The maximum atomic E-state index is 8.76. The summed E-state index contributed by atoms with van der Waals surface area (Å²) in [5.41, 5.74) is 1.37. The van der Waals surface area contributed by atoms with Gasteiger partial charge in [-0.3, -0.25) is 4.90 Å². The van der Waals surface area contributed by atoms with Gasteiger partial charge >= 0.3 is 0 Å². The van der Waals surface area contributed by atoms with Gasteiger partial charge in [-0.15, -0.1) is 0 Å². The van der Waals surface area contributed by atoms with Crippen LogP contribution in [-0.2, 0) is 11.3 Å². The van der Waals surface area contributed by atoms with Crippen molar-refractivity contribution in [2.75, 3.05) is 26.4 Å². The van der Waals surface area contributed by atoms with E-state index in [0.717, 1.165) is 19.7 Å². The van der Waals surface area contributed by atoms with E-state index in [-0.39, 0.29) is 6.61 Å². The van der Waals surface area contributed by atoms with Gasteiger partial charge in [-0.25, -0.2) is 0 Å². The molecule has 1 aromatic rings. The fourth-order valence-corrected chi connectivity index (χ4v) is 2.56. The lowest BCUT2D eigenvalue weighted by Crippen LogP contribution is -2.42. The molecule has 100 valence electrons. The summed E-state index contributed by atoms with van der Waals surface area (Å²) in [6.45, 7) is 3.48. The van der Waals surface area contributed by atoms with Gasteiger partial charge in [0.25, 0.3) is 0 Å². The molecule has 0 unspecified atom stereocenters. The van der Waals surface area contributed by atoms with Crippen molar-refractivity contribution in [2.24, 2.45) is 0 Å². The zero-order valence-electron chi connectivity index (χ0n) is 10.9. The van der Waals surface area contributed by atoms with Crippen LogP contribution in [0.4, 0.5) is 0 Å². The molecule has 0 amide bonds. The predicted molar refractivity (Wildman–Crippen MR) is 72.4 cm³/mol. The molecule has 0 bridgehead atoms. The van der Waals surface area contributed by atoms with E-state index in [1.807, 2.05) is 0 Å². The Balaban J connectivity index is 1.87. The van der Waals surface area contributed by atoms with Crippen LogP contribution in [0.15, 0.2) is 30.3 Å². The molecule has 1 fully saturated rings. The van der Waals surface area contributed by atoms with E-state index in [1.54, 1.807) is 0 Å². The molecular formula is C15H23NO2. The normalized spacial score (nSPS) is 21.1. The molecule has 2 rings (SSSR count). The molecule has 1 aliphatic heterocycles. The van der Waals surface area contributed by atoms with Gasteiger partial charge in [0.05, 0.1) is 19.8 Å². The topological polar surface area (TPSA) is 32.7 Å². The van der Waals surface area contributed by atoms with E-state index < -0.39 is 0 Å². The first kappa shape index (κ1) is 13.5. The highest BCUT2D eigenvalue weighted by Crippen LogP contribution is 2.19. The van der Waals surface area contributed by atoms with Gasteiger partial charge in [0.1, 0.15) is 0 Å². The Kier molecular flexibility index (Phi) is 5.65. The molecule has 3 heteroatoms. The summed E-state index contributed by atoms with van der Waals surface area (Å²) in [7, 11) is 0. The number of aliphatic hydroxyl groups is 1. The van der Waals surface area contributed by atoms with E-state index in [9.17, 15) is 0 Å². The first-order valence-electron chi connectivity index (χ1n) is 6.86. The smallest absolute Gasteiger partial charge is 0.0698 e. The maximum Gasteiger partial charge on any atom is 0.0698 e. The van der Waals surface area contributed by atoms with Crippen molar-refractivity contribution in [1.82, 2.24) is 4.90 Å². The fourth-order valence-electron chi connectivity index (χ4n) is 2.56. The molecule has 1 aliphatic rings. The third-order valence-electron chi connectivity index (χ3n) is 3.52. The molecule has 1 heterocycles. The zero-order chi connectivity index (χ0) is 12.6. The number of hydrogen-bond acceptors (Lipinski definition) is 3. The van der Waals surface area contributed by atoms with E-state index in [2.05, 4.69) is 35.2 Å². The van der Waals surface area contributed by atoms with Crippen molar-refractivity contribution in [3.8, 4) is 0 Å². The highest BCUT2D eigenvalue weighted by Gasteiger charge is 2.22. The van der Waals surface area contributed by atoms with Crippen LogP contribution in [0, 0.1) is 0 Å². The van der Waals surface area contributed by atoms with Gasteiger partial charge in [0, 0.05) is 12.6 Å². The highest BCUT2D eigenvalue weighted by atomic mass is 16.5.